The maximum absolute atomic E-state index is 13.3. The van der Waals surface area contributed by atoms with E-state index < -0.39 is 29.0 Å². The zero-order valence-corrected chi connectivity index (χ0v) is 17.5. The lowest BCUT2D eigenvalue weighted by atomic mass is 10.0. The Morgan fingerprint density at radius 3 is 2.24 bits per heavy atom. The quantitative estimate of drug-likeness (QED) is 0.410. The second-order valence-corrected chi connectivity index (χ2v) is 7.53. The van der Waals surface area contributed by atoms with E-state index in [9.17, 15) is 24.0 Å². The normalized spacial score (nSPS) is 12.5. The Morgan fingerprint density at radius 1 is 0.765 bits per heavy atom. The van der Waals surface area contributed by atoms with Crippen LogP contribution in [0.15, 0.2) is 88.6 Å². The van der Waals surface area contributed by atoms with Gasteiger partial charge in [0, 0.05) is 17.3 Å². The lowest BCUT2D eigenvalue weighted by Crippen LogP contribution is -2.29. The molecule has 9 nitrogen and oxygen atoms in total. The number of anilines is 2. The summed E-state index contributed by atoms with van der Waals surface area (Å²) in [6.45, 7) is 0. The van der Waals surface area contributed by atoms with Gasteiger partial charge in [0.25, 0.3) is 23.3 Å². The minimum Gasteiger partial charge on any atom is -0.316 e. The molecule has 0 atom stereocenters. The van der Waals surface area contributed by atoms with Gasteiger partial charge in [0.15, 0.2) is 0 Å². The number of carbonyl (C=O) groups is 3. The topological polar surface area (TPSA) is 132 Å². The molecule has 1 aromatic heterocycles. The summed E-state index contributed by atoms with van der Waals surface area (Å²) in [5.41, 5.74) is 0.685. The number of benzene rings is 3. The number of imide groups is 1. The van der Waals surface area contributed by atoms with Gasteiger partial charge in [-0.15, -0.1) is 0 Å². The second-order valence-electron chi connectivity index (χ2n) is 7.53. The van der Waals surface area contributed by atoms with Gasteiger partial charge >= 0.3 is 5.69 Å². The number of carbonyl (C=O) groups excluding carboxylic acids is 3. The predicted octanol–water partition coefficient (Wildman–Crippen LogP) is 2.78. The highest BCUT2D eigenvalue weighted by Gasteiger charge is 2.38. The average molecular weight is 452 g/mol. The first kappa shape index (κ1) is 20.8. The molecule has 3 amide bonds. The third-order valence-electron chi connectivity index (χ3n) is 5.45. The van der Waals surface area contributed by atoms with Crippen molar-refractivity contribution >= 4 is 29.1 Å². The van der Waals surface area contributed by atoms with E-state index in [0.29, 0.717) is 11.3 Å². The molecule has 0 spiro atoms. The first-order valence-corrected chi connectivity index (χ1v) is 10.2. The average Bonchev–Trinajstić information content (AvgIpc) is 3.10. The monoisotopic (exact) mass is 452 g/mol. The van der Waals surface area contributed by atoms with Crippen LogP contribution >= 0.6 is 0 Å². The van der Waals surface area contributed by atoms with E-state index in [4.69, 9.17) is 0 Å². The molecular formula is C25H16N4O5. The van der Waals surface area contributed by atoms with Crippen LogP contribution in [-0.2, 0) is 0 Å². The molecular weight excluding hydrogens is 436 g/mol. The van der Waals surface area contributed by atoms with Gasteiger partial charge in [0.1, 0.15) is 5.69 Å². The molecule has 1 aliphatic rings. The Morgan fingerprint density at radius 2 is 1.47 bits per heavy atom. The molecule has 166 valence electrons. The van der Waals surface area contributed by atoms with E-state index in [-0.39, 0.29) is 22.4 Å². The maximum atomic E-state index is 13.3. The molecule has 2 heterocycles. The molecule has 0 radical (unpaired) electrons. The number of aromatic amines is 2. The molecule has 9 heteroatoms. The Balaban J connectivity index is 1.49. The molecule has 0 bridgehead atoms. The first-order chi connectivity index (χ1) is 16.4. The Labute approximate surface area is 191 Å². The second kappa shape index (κ2) is 8.14. The number of fused-ring (bicyclic) bond motifs is 1. The minimum absolute atomic E-state index is 0.0729. The number of hydrogen-bond acceptors (Lipinski definition) is 5. The smallest absolute Gasteiger partial charge is 0.316 e. The first-order valence-electron chi connectivity index (χ1n) is 10.2. The standard InChI is InChI=1S/C25H16N4O5/c30-21(27-19-13-26-25(34)28-22(19)31)15-10-11-17-18(12-15)24(33)29(23(17)32)20-9-5-4-8-16(20)14-6-2-1-3-7-14/h1-13H,(H,27,30)(H2,26,28,31,34). The number of H-pyrrole nitrogens is 2. The van der Waals surface area contributed by atoms with Crippen molar-refractivity contribution in [3.8, 4) is 11.1 Å². The summed E-state index contributed by atoms with van der Waals surface area (Å²) in [5.74, 6) is -1.73. The fourth-order valence-corrected chi connectivity index (χ4v) is 3.83. The van der Waals surface area contributed by atoms with Gasteiger partial charge < -0.3 is 10.3 Å². The Kier molecular flexibility index (Phi) is 4.98. The lowest BCUT2D eigenvalue weighted by molar-refractivity contribution is 0.0925. The summed E-state index contributed by atoms with van der Waals surface area (Å²) in [4.78, 5) is 67.5. The van der Waals surface area contributed by atoms with Crippen molar-refractivity contribution in [1.29, 1.82) is 0 Å². The van der Waals surface area contributed by atoms with Crippen LogP contribution in [0.3, 0.4) is 0 Å². The molecule has 0 saturated carbocycles. The summed E-state index contributed by atoms with van der Waals surface area (Å²) in [6.07, 6.45) is 1.07. The van der Waals surface area contributed by atoms with Gasteiger partial charge in [-0.3, -0.25) is 24.2 Å². The van der Waals surface area contributed by atoms with Gasteiger partial charge in [-0.05, 0) is 29.8 Å². The van der Waals surface area contributed by atoms with Crippen LogP contribution in [0.4, 0.5) is 11.4 Å². The fourth-order valence-electron chi connectivity index (χ4n) is 3.83. The van der Waals surface area contributed by atoms with Gasteiger partial charge in [0.05, 0.1) is 16.8 Å². The van der Waals surface area contributed by atoms with E-state index in [1.165, 1.54) is 18.2 Å². The van der Waals surface area contributed by atoms with E-state index >= 15 is 0 Å². The van der Waals surface area contributed by atoms with Crippen LogP contribution in [0.5, 0.6) is 0 Å². The van der Waals surface area contributed by atoms with Crippen LogP contribution in [0.1, 0.15) is 31.1 Å². The van der Waals surface area contributed by atoms with Gasteiger partial charge in [-0.2, -0.15) is 0 Å². The number of rotatable bonds is 4. The molecule has 5 rings (SSSR count). The number of hydrogen-bond donors (Lipinski definition) is 3. The summed E-state index contributed by atoms with van der Waals surface area (Å²) in [7, 11) is 0. The van der Waals surface area contributed by atoms with Crippen LogP contribution < -0.4 is 21.5 Å². The van der Waals surface area contributed by atoms with E-state index in [1.54, 1.807) is 12.1 Å². The van der Waals surface area contributed by atoms with Gasteiger partial charge in [-0.1, -0.05) is 48.5 Å². The molecule has 0 saturated heterocycles. The lowest BCUT2D eigenvalue weighted by Gasteiger charge is -2.18. The highest BCUT2D eigenvalue weighted by molar-refractivity contribution is 6.35. The number of amides is 3. The highest BCUT2D eigenvalue weighted by Crippen LogP contribution is 2.36. The van der Waals surface area contributed by atoms with Crippen molar-refractivity contribution in [3.63, 3.8) is 0 Å². The molecule has 1 aliphatic heterocycles. The predicted molar refractivity (Wildman–Crippen MR) is 125 cm³/mol. The molecule has 3 aromatic carbocycles. The van der Waals surface area contributed by atoms with Crippen LogP contribution in [0, 0.1) is 0 Å². The Hall–Kier alpha value is -5.05. The molecule has 3 N–H and O–H groups in total. The summed E-state index contributed by atoms with van der Waals surface area (Å²) in [5, 5.41) is 2.38. The van der Waals surface area contributed by atoms with Crippen molar-refractivity contribution in [3.05, 3.63) is 117 Å². The van der Waals surface area contributed by atoms with Gasteiger partial charge in [0.2, 0.25) is 0 Å². The zero-order chi connectivity index (χ0) is 23.8. The highest BCUT2D eigenvalue weighted by atomic mass is 16.2. The maximum Gasteiger partial charge on any atom is 0.325 e. The zero-order valence-electron chi connectivity index (χ0n) is 17.5. The number of nitrogens with one attached hydrogen (secondary N) is 3. The van der Waals surface area contributed by atoms with Crippen LogP contribution in [0.25, 0.3) is 11.1 Å². The number of nitrogens with zero attached hydrogens (tertiary/aromatic N) is 1. The minimum atomic E-state index is -0.770. The fraction of sp³-hybridized carbons (Fsp3) is 0. The molecule has 0 aliphatic carbocycles. The van der Waals surface area contributed by atoms with Crippen LogP contribution in [-0.4, -0.2) is 27.7 Å². The third kappa shape index (κ3) is 3.51. The van der Waals surface area contributed by atoms with Crippen molar-refractivity contribution in [2.45, 2.75) is 0 Å². The summed E-state index contributed by atoms with van der Waals surface area (Å²) in [6, 6.07) is 20.6. The Bertz CT molecular complexity index is 1590. The summed E-state index contributed by atoms with van der Waals surface area (Å²) >= 11 is 0. The van der Waals surface area contributed by atoms with Crippen molar-refractivity contribution in [2.75, 3.05) is 10.2 Å². The molecule has 0 fully saturated rings. The van der Waals surface area contributed by atoms with Crippen LogP contribution in [0.2, 0.25) is 0 Å². The van der Waals surface area contributed by atoms with E-state index in [1.807, 2.05) is 47.4 Å². The number of para-hydroxylation sites is 1. The van der Waals surface area contributed by atoms with Gasteiger partial charge in [-0.25, -0.2) is 9.69 Å². The van der Waals surface area contributed by atoms with Crippen molar-refractivity contribution in [1.82, 2.24) is 9.97 Å². The molecule has 0 unspecified atom stereocenters. The third-order valence-corrected chi connectivity index (χ3v) is 5.45. The molecule has 34 heavy (non-hydrogen) atoms. The van der Waals surface area contributed by atoms with E-state index in [0.717, 1.165) is 16.7 Å². The molecule has 4 aromatic rings. The number of aromatic nitrogens is 2. The SMILES string of the molecule is O=C(Nc1c[nH]c(=O)[nH]c1=O)c1ccc2c(c1)C(=O)N(c1ccccc1-c1ccccc1)C2=O. The van der Waals surface area contributed by atoms with Crippen molar-refractivity contribution in [2.24, 2.45) is 0 Å². The van der Waals surface area contributed by atoms with Crippen molar-refractivity contribution < 1.29 is 14.4 Å². The van der Waals surface area contributed by atoms with E-state index in [2.05, 4.69) is 10.3 Å². The summed E-state index contributed by atoms with van der Waals surface area (Å²) < 4.78 is 0. The largest absolute Gasteiger partial charge is 0.325 e.